The predicted octanol–water partition coefficient (Wildman–Crippen LogP) is 2.07. The molecule has 1 atom stereocenters. The fourth-order valence-electron chi connectivity index (χ4n) is 3.45. The van der Waals surface area contributed by atoms with Crippen molar-refractivity contribution in [2.75, 3.05) is 13.1 Å². The fourth-order valence-corrected chi connectivity index (χ4v) is 3.45. The van der Waals surface area contributed by atoms with Crippen molar-refractivity contribution in [1.29, 1.82) is 0 Å². The third-order valence-corrected chi connectivity index (χ3v) is 4.91. The highest BCUT2D eigenvalue weighted by atomic mass is 16.5. The molecule has 0 aromatic carbocycles. The molecular weight excluding hydrogens is 306 g/mol. The third kappa shape index (κ3) is 3.34. The van der Waals surface area contributed by atoms with Crippen LogP contribution in [0.5, 0.6) is 0 Å². The number of carbonyl (C=O) groups excluding carboxylic acids is 1. The second-order valence-corrected chi connectivity index (χ2v) is 6.63. The first-order chi connectivity index (χ1) is 11.5. The highest BCUT2D eigenvalue weighted by Crippen LogP contribution is 2.26. The van der Waals surface area contributed by atoms with Crippen LogP contribution in [0.1, 0.15) is 53.8 Å². The summed E-state index contributed by atoms with van der Waals surface area (Å²) in [6.45, 7) is 7.35. The van der Waals surface area contributed by atoms with Crippen LogP contribution < -0.4 is 0 Å². The van der Waals surface area contributed by atoms with Gasteiger partial charge in [-0.1, -0.05) is 5.16 Å². The summed E-state index contributed by atoms with van der Waals surface area (Å²) in [5.41, 5.74) is 3.34. The molecule has 0 spiro atoms. The number of nitrogens with zero attached hydrogens (tertiary/aromatic N) is 5. The second-order valence-electron chi connectivity index (χ2n) is 6.63. The van der Waals surface area contributed by atoms with E-state index in [2.05, 4.69) is 22.2 Å². The van der Waals surface area contributed by atoms with Crippen LogP contribution in [0.25, 0.3) is 0 Å². The van der Waals surface area contributed by atoms with E-state index in [1.54, 1.807) is 0 Å². The molecule has 3 rings (SSSR count). The molecule has 1 fully saturated rings. The molecule has 1 unspecified atom stereocenters. The molecule has 0 radical (unpaired) electrons. The summed E-state index contributed by atoms with van der Waals surface area (Å²) in [5, 5.41) is 8.28. The molecule has 0 aliphatic carbocycles. The number of hydrogen-bond donors (Lipinski definition) is 0. The van der Waals surface area contributed by atoms with Gasteiger partial charge in [-0.05, 0) is 45.6 Å². The van der Waals surface area contributed by atoms with E-state index in [9.17, 15) is 4.79 Å². The topological polar surface area (TPSA) is 77.0 Å². The lowest BCUT2D eigenvalue weighted by molar-refractivity contribution is -0.132. The van der Waals surface area contributed by atoms with Gasteiger partial charge in [0.15, 0.2) is 5.82 Å². The van der Waals surface area contributed by atoms with E-state index >= 15 is 0 Å². The van der Waals surface area contributed by atoms with Crippen molar-refractivity contribution in [1.82, 2.24) is 24.8 Å². The second kappa shape index (κ2) is 6.75. The Morgan fingerprint density at radius 3 is 2.75 bits per heavy atom. The van der Waals surface area contributed by atoms with Crippen LogP contribution in [-0.4, -0.2) is 43.8 Å². The van der Waals surface area contributed by atoms with Crippen molar-refractivity contribution in [2.24, 2.45) is 7.05 Å². The van der Waals surface area contributed by atoms with Crippen LogP contribution in [0.2, 0.25) is 0 Å². The van der Waals surface area contributed by atoms with Crippen molar-refractivity contribution < 1.29 is 9.32 Å². The molecule has 1 aliphatic heterocycles. The number of piperidine rings is 1. The first-order valence-corrected chi connectivity index (χ1v) is 8.52. The molecule has 1 amide bonds. The largest absolute Gasteiger partial charge is 0.342 e. The van der Waals surface area contributed by atoms with E-state index in [1.807, 2.05) is 30.5 Å². The van der Waals surface area contributed by atoms with Gasteiger partial charge in [0.1, 0.15) is 0 Å². The predicted molar refractivity (Wildman–Crippen MR) is 88.6 cm³/mol. The Balaban J connectivity index is 1.60. The van der Waals surface area contributed by atoms with Gasteiger partial charge in [-0.15, -0.1) is 0 Å². The molecule has 3 heterocycles. The average molecular weight is 331 g/mol. The summed E-state index contributed by atoms with van der Waals surface area (Å²) in [5.74, 6) is 1.66. The minimum absolute atomic E-state index is 0.158. The zero-order chi connectivity index (χ0) is 17.3. The molecule has 7 heteroatoms. The third-order valence-electron chi connectivity index (χ3n) is 4.91. The Morgan fingerprint density at radius 2 is 2.12 bits per heavy atom. The van der Waals surface area contributed by atoms with E-state index < -0.39 is 0 Å². The lowest BCUT2D eigenvalue weighted by atomic mass is 9.97. The zero-order valence-electron chi connectivity index (χ0n) is 14.9. The maximum atomic E-state index is 12.6. The monoisotopic (exact) mass is 331 g/mol. The first kappa shape index (κ1) is 16.7. The van der Waals surface area contributed by atoms with Gasteiger partial charge < -0.3 is 9.42 Å². The van der Waals surface area contributed by atoms with Crippen LogP contribution in [-0.2, 0) is 18.3 Å². The Kier molecular flexibility index (Phi) is 4.69. The highest BCUT2D eigenvalue weighted by Gasteiger charge is 2.28. The molecule has 0 saturated carbocycles. The number of carbonyl (C=O) groups is 1. The minimum atomic E-state index is 0.158. The molecule has 1 aliphatic rings. The summed E-state index contributed by atoms with van der Waals surface area (Å²) in [4.78, 5) is 18.9. The molecule has 0 N–H and O–H groups in total. The summed E-state index contributed by atoms with van der Waals surface area (Å²) in [7, 11) is 1.94. The number of amides is 1. The van der Waals surface area contributed by atoms with Gasteiger partial charge in [-0.3, -0.25) is 9.48 Å². The zero-order valence-corrected chi connectivity index (χ0v) is 14.9. The van der Waals surface area contributed by atoms with Crippen LogP contribution in [0.3, 0.4) is 0 Å². The number of rotatable bonds is 4. The van der Waals surface area contributed by atoms with E-state index in [0.29, 0.717) is 24.7 Å². The van der Waals surface area contributed by atoms with E-state index in [1.165, 1.54) is 5.56 Å². The molecule has 2 aromatic heterocycles. The van der Waals surface area contributed by atoms with Gasteiger partial charge >= 0.3 is 0 Å². The van der Waals surface area contributed by atoms with Crippen molar-refractivity contribution >= 4 is 5.91 Å². The lowest BCUT2D eigenvalue weighted by Gasteiger charge is -2.31. The van der Waals surface area contributed by atoms with E-state index in [-0.39, 0.29) is 11.8 Å². The van der Waals surface area contributed by atoms with Crippen molar-refractivity contribution in [3.05, 3.63) is 28.7 Å². The van der Waals surface area contributed by atoms with E-state index in [0.717, 1.165) is 37.2 Å². The number of likely N-dealkylation sites (tertiary alicyclic amines) is 1. The Morgan fingerprint density at radius 1 is 1.33 bits per heavy atom. The fraction of sp³-hybridized carbons (Fsp3) is 0.647. The van der Waals surface area contributed by atoms with Crippen molar-refractivity contribution in [2.45, 2.75) is 52.4 Å². The standard InChI is InChI=1S/C17H25N5O2/c1-11-15(12(2)21(4)19-11)7-8-16(23)22-9-5-6-14(10-22)17-18-13(3)20-24-17/h14H,5-10H2,1-4H3. The molecular formula is C17H25N5O2. The summed E-state index contributed by atoms with van der Waals surface area (Å²) in [6.07, 6.45) is 3.23. The van der Waals surface area contributed by atoms with Crippen molar-refractivity contribution in [3.8, 4) is 0 Å². The normalized spacial score (nSPS) is 18.2. The average Bonchev–Trinajstić information content (AvgIpc) is 3.10. The van der Waals surface area contributed by atoms with Crippen LogP contribution in [0.15, 0.2) is 4.52 Å². The van der Waals surface area contributed by atoms with Crippen LogP contribution >= 0.6 is 0 Å². The van der Waals surface area contributed by atoms with E-state index in [4.69, 9.17) is 4.52 Å². The SMILES string of the molecule is Cc1noc(C2CCCN(C(=O)CCc3c(C)nn(C)c3C)C2)n1. The summed E-state index contributed by atoms with van der Waals surface area (Å²) < 4.78 is 7.16. The molecule has 24 heavy (non-hydrogen) atoms. The molecule has 2 aromatic rings. The van der Waals surface area contributed by atoms with Crippen molar-refractivity contribution in [3.63, 3.8) is 0 Å². The minimum Gasteiger partial charge on any atom is -0.342 e. The van der Waals surface area contributed by atoms with Crippen LogP contribution in [0, 0.1) is 20.8 Å². The Bertz CT molecular complexity index is 733. The molecule has 1 saturated heterocycles. The van der Waals surface area contributed by atoms with Gasteiger partial charge in [-0.25, -0.2) is 0 Å². The number of aromatic nitrogens is 4. The maximum absolute atomic E-state index is 12.6. The number of aryl methyl sites for hydroxylation is 3. The van der Waals surface area contributed by atoms with Gasteiger partial charge in [0.05, 0.1) is 11.6 Å². The lowest BCUT2D eigenvalue weighted by Crippen LogP contribution is -2.39. The highest BCUT2D eigenvalue weighted by molar-refractivity contribution is 5.76. The van der Waals surface area contributed by atoms with Crippen LogP contribution in [0.4, 0.5) is 0 Å². The quantitative estimate of drug-likeness (QED) is 0.857. The summed E-state index contributed by atoms with van der Waals surface area (Å²) in [6, 6.07) is 0. The smallest absolute Gasteiger partial charge is 0.231 e. The number of hydrogen-bond acceptors (Lipinski definition) is 5. The molecule has 0 bridgehead atoms. The summed E-state index contributed by atoms with van der Waals surface area (Å²) >= 11 is 0. The first-order valence-electron chi connectivity index (χ1n) is 8.52. The van der Waals surface area contributed by atoms with Gasteiger partial charge in [-0.2, -0.15) is 10.1 Å². The Labute approximate surface area is 142 Å². The Hall–Kier alpha value is -2.18. The van der Waals surface area contributed by atoms with Gasteiger partial charge in [0.25, 0.3) is 0 Å². The maximum Gasteiger partial charge on any atom is 0.231 e. The molecule has 130 valence electrons. The van der Waals surface area contributed by atoms with Gasteiger partial charge in [0, 0.05) is 32.3 Å². The van der Waals surface area contributed by atoms with Gasteiger partial charge in [0.2, 0.25) is 11.8 Å². The molecule has 7 nitrogen and oxygen atoms in total.